The Morgan fingerprint density at radius 2 is 1.62 bits per heavy atom. The number of hydrogen-bond acceptors (Lipinski definition) is 3. The molecule has 1 aromatic heterocycles. The fourth-order valence-electron chi connectivity index (χ4n) is 4.52. The van der Waals surface area contributed by atoms with Crippen LogP contribution < -0.4 is 0 Å². The lowest BCUT2D eigenvalue weighted by molar-refractivity contribution is -0.267. The monoisotopic (exact) mass is 471 g/mol. The first-order chi connectivity index (χ1) is 15.9. The number of oxazole rings is 1. The van der Waals surface area contributed by atoms with E-state index in [0.717, 1.165) is 11.1 Å². The molecule has 0 aliphatic rings. The third-order valence-corrected chi connectivity index (χ3v) is 6.17. The van der Waals surface area contributed by atoms with E-state index in [4.69, 9.17) is 4.42 Å². The van der Waals surface area contributed by atoms with Crippen LogP contribution in [0.5, 0.6) is 0 Å². The standard InChI is InChI=1S/C27H25F4NO2/c1-17-9-11-20(28)14-21(17)25(2,3)16-26(33,27(29,30)31)15-24-32-22-13-19(10-12-23(22)34-24)18-7-5-4-6-8-18/h4-14,33H,15-16H2,1-3H3. The zero-order valence-corrected chi connectivity index (χ0v) is 19.1. The maximum Gasteiger partial charge on any atom is 0.417 e. The Kier molecular flexibility index (Phi) is 6.02. The van der Waals surface area contributed by atoms with Crippen LogP contribution in [0.2, 0.25) is 0 Å². The molecule has 0 bridgehead atoms. The first kappa shape index (κ1) is 24.0. The molecule has 7 heteroatoms. The minimum Gasteiger partial charge on any atom is -0.441 e. The normalized spacial score (nSPS) is 14.4. The molecule has 1 unspecified atom stereocenters. The zero-order chi connectivity index (χ0) is 24.7. The minimum atomic E-state index is -4.96. The van der Waals surface area contributed by atoms with Crippen molar-refractivity contribution in [3.63, 3.8) is 0 Å². The van der Waals surface area contributed by atoms with Crippen molar-refractivity contribution in [1.29, 1.82) is 0 Å². The summed E-state index contributed by atoms with van der Waals surface area (Å²) >= 11 is 0. The molecule has 0 aliphatic carbocycles. The number of aliphatic hydroxyl groups is 1. The van der Waals surface area contributed by atoms with E-state index in [-0.39, 0.29) is 5.89 Å². The molecule has 1 N–H and O–H groups in total. The van der Waals surface area contributed by atoms with Crippen LogP contribution in [0.3, 0.4) is 0 Å². The summed E-state index contributed by atoms with van der Waals surface area (Å²) in [5, 5.41) is 10.9. The van der Waals surface area contributed by atoms with Crippen LogP contribution >= 0.6 is 0 Å². The van der Waals surface area contributed by atoms with Crippen LogP contribution in [0.15, 0.2) is 71.1 Å². The van der Waals surface area contributed by atoms with Gasteiger partial charge < -0.3 is 9.52 Å². The van der Waals surface area contributed by atoms with Crippen LogP contribution in [0.4, 0.5) is 17.6 Å². The summed E-state index contributed by atoms with van der Waals surface area (Å²) in [6, 6.07) is 18.7. The van der Waals surface area contributed by atoms with Gasteiger partial charge in [-0.25, -0.2) is 9.37 Å². The van der Waals surface area contributed by atoms with Gasteiger partial charge in [-0.15, -0.1) is 0 Å². The highest BCUT2D eigenvalue weighted by Crippen LogP contribution is 2.44. The van der Waals surface area contributed by atoms with Gasteiger partial charge in [0.25, 0.3) is 0 Å². The molecular formula is C27H25F4NO2. The van der Waals surface area contributed by atoms with E-state index < -0.39 is 35.9 Å². The van der Waals surface area contributed by atoms with E-state index in [0.29, 0.717) is 22.2 Å². The molecule has 0 aliphatic heterocycles. The summed E-state index contributed by atoms with van der Waals surface area (Å²) in [7, 11) is 0. The van der Waals surface area contributed by atoms with Gasteiger partial charge in [0, 0.05) is 0 Å². The van der Waals surface area contributed by atoms with Crippen molar-refractivity contribution in [2.75, 3.05) is 0 Å². The van der Waals surface area contributed by atoms with Gasteiger partial charge in [0.2, 0.25) is 0 Å². The van der Waals surface area contributed by atoms with Crippen LogP contribution in [-0.2, 0) is 11.8 Å². The van der Waals surface area contributed by atoms with Gasteiger partial charge in [-0.1, -0.05) is 56.3 Å². The molecular weight excluding hydrogens is 446 g/mol. The number of aryl methyl sites for hydroxylation is 1. The number of nitrogens with zero attached hydrogens (tertiary/aromatic N) is 1. The summed E-state index contributed by atoms with van der Waals surface area (Å²) in [4.78, 5) is 4.25. The van der Waals surface area contributed by atoms with Crippen molar-refractivity contribution in [1.82, 2.24) is 4.98 Å². The van der Waals surface area contributed by atoms with Crippen molar-refractivity contribution >= 4 is 11.1 Å². The first-order valence-electron chi connectivity index (χ1n) is 10.9. The van der Waals surface area contributed by atoms with Crippen LogP contribution in [0, 0.1) is 12.7 Å². The summed E-state index contributed by atoms with van der Waals surface area (Å²) < 4.78 is 61.9. The molecule has 4 rings (SSSR count). The van der Waals surface area contributed by atoms with E-state index in [1.165, 1.54) is 18.2 Å². The largest absolute Gasteiger partial charge is 0.441 e. The highest BCUT2D eigenvalue weighted by molar-refractivity contribution is 5.80. The van der Waals surface area contributed by atoms with Crippen LogP contribution in [-0.4, -0.2) is 21.9 Å². The lowest BCUT2D eigenvalue weighted by atomic mass is 9.72. The molecule has 0 fully saturated rings. The highest BCUT2D eigenvalue weighted by Gasteiger charge is 2.56. The van der Waals surface area contributed by atoms with Crippen molar-refractivity contribution in [2.24, 2.45) is 0 Å². The molecule has 0 saturated heterocycles. The van der Waals surface area contributed by atoms with E-state index in [2.05, 4.69) is 4.98 Å². The first-order valence-corrected chi connectivity index (χ1v) is 10.9. The summed E-state index contributed by atoms with van der Waals surface area (Å²) in [6.45, 7) is 4.82. The average molecular weight is 471 g/mol. The summed E-state index contributed by atoms with van der Waals surface area (Å²) in [5.41, 5.74) is -0.733. The molecule has 4 aromatic rings. The molecule has 178 valence electrons. The molecule has 0 radical (unpaired) electrons. The van der Waals surface area contributed by atoms with Gasteiger partial charge in [-0.3, -0.25) is 0 Å². The van der Waals surface area contributed by atoms with Gasteiger partial charge in [0.05, 0.1) is 6.42 Å². The minimum absolute atomic E-state index is 0.216. The molecule has 0 amide bonds. The summed E-state index contributed by atoms with van der Waals surface area (Å²) in [6.07, 6.45) is -6.51. The Balaban J connectivity index is 1.67. The van der Waals surface area contributed by atoms with Crippen LogP contribution in [0.25, 0.3) is 22.2 Å². The number of hydrogen-bond donors (Lipinski definition) is 1. The molecule has 1 atom stereocenters. The Bertz CT molecular complexity index is 1310. The highest BCUT2D eigenvalue weighted by atomic mass is 19.4. The maximum atomic E-state index is 14.2. The number of alkyl halides is 3. The molecule has 3 aromatic carbocycles. The third-order valence-electron chi connectivity index (χ3n) is 6.17. The number of aromatic nitrogens is 1. The smallest absolute Gasteiger partial charge is 0.417 e. The second kappa shape index (κ2) is 8.55. The Morgan fingerprint density at radius 3 is 2.29 bits per heavy atom. The average Bonchev–Trinajstić information content (AvgIpc) is 3.15. The van der Waals surface area contributed by atoms with Gasteiger partial charge in [-0.2, -0.15) is 13.2 Å². The fourth-order valence-corrected chi connectivity index (χ4v) is 4.52. The van der Waals surface area contributed by atoms with Gasteiger partial charge in [0.1, 0.15) is 11.3 Å². The second-order valence-corrected chi connectivity index (χ2v) is 9.38. The molecule has 1 heterocycles. The Labute approximate surface area is 195 Å². The Morgan fingerprint density at radius 1 is 0.912 bits per heavy atom. The number of benzene rings is 3. The van der Waals surface area contributed by atoms with Crippen molar-refractivity contribution < 1.29 is 27.1 Å². The molecule has 0 spiro atoms. The third kappa shape index (κ3) is 4.71. The number of rotatable bonds is 6. The second-order valence-electron chi connectivity index (χ2n) is 9.38. The van der Waals surface area contributed by atoms with Gasteiger partial charge in [-0.05, 0) is 65.3 Å². The van der Waals surface area contributed by atoms with E-state index in [1.807, 2.05) is 30.3 Å². The van der Waals surface area contributed by atoms with Gasteiger partial charge in [0.15, 0.2) is 17.1 Å². The maximum absolute atomic E-state index is 14.2. The SMILES string of the molecule is Cc1ccc(F)cc1C(C)(C)CC(O)(Cc1nc2cc(-c3ccccc3)ccc2o1)C(F)(F)F. The van der Waals surface area contributed by atoms with E-state index in [9.17, 15) is 22.7 Å². The quantitative estimate of drug-likeness (QED) is 0.304. The van der Waals surface area contributed by atoms with Crippen molar-refractivity contribution in [3.05, 3.63) is 89.6 Å². The van der Waals surface area contributed by atoms with Gasteiger partial charge >= 0.3 is 6.18 Å². The molecule has 3 nitrogen and oxygen atoms in total. The van der Waals surface area contributed by atoms with Crippen molar-refractivity contribution in [2.45, 2.75) is 50.8 Å². The summed E-state index contributed by atoms with van der Waals surface area (Å²) in [5.74, 6) is -0.760. The van der Waals surface area contributed by atoms with E-state index >= 15 is 0 Å². The lowest BCUT2D eigenvalue weighted by Gasteiger charge is -2.38. The predicted octanol–water partition coefficient (Wildman–Crippen LogP) is 7.15. The lowest BCUT2D eigenvalue weighted by Crippen LogP contribution is -2.51. The van der Waals surface area contributed by atoms with E-state index in [1.54, 1.807) is 39.0 Å². The van der Waals surface area contributed by atoms with Crippen molar-refractivity contribution in [3.8, 4) is 11.1 Å². The zero-order valence-electron chi connectivity index (χ0n) is 19.1. The molecule has 34 heavy (non-hydrogen) atoms. The fraction of sp³-hybridized carbons (Fsp3) is 0.296. The Hall–Kier alpha value is -3.19. The molecule has 0 saturated carbocycles. The number of halogens is 4. The predicted molar refractivity (Wildman–Crippen MR) is 123 cm³/mol. The number of fused-ring (bicyclic) bond motifs is 1. The van der Waals surface area contributed by atoms with Crippen LogP contribution in [0.1, 0.15) is 37.3 Å². The topological polar surface area (TPSA) is 46.3 Å².